The number of nitrogens with zero attached hydrogens (tertiary/aromatic N) is 1. The van der Waals surface area contributed by atoms with Crippen LogP contribution in [0, 0.1) is 11.7 Å². The second-order valence-electron chi connectivity index (χ2n) is 6.22. The average molecular weight is 295 g/mol. The van der Waals surface area contributed by atoms with Crippen molar-refractivity contribution in [2.75, 3.05) is 6.54 Å². The number of aliphatic carboxylic acids is 1. The van der Waals surface area contributed by atoms with E-state index in [4.69, 9.17) is 5.11 Å². The molecule has 0 bridgehead atoms. The van der Waals surface area contributed by atoms with E-state index >= 15 is 0 Å². The normalized spacial score (nSPS) is 12.8. The lowest BCUT2D eigenvalue weighted by Gasteiger charge is -2.37. The second kappa shape index (κ2) is 6.70. The van der Waals surface area contributed by atoms with Crippen molar-refractivity contribution in [3.63, 3.8) is 0 Å². The Bertz CT molecular complexity index is 505. The molecule has 0 aromatic heterocycles. The minimum atomic E-state index is -0.932. The van der Waals surface area contributed by atoms with E-state index < -0.39 is 17.4 Å². The molecule has 1 atom stereocenters. The molecule has 21 heavy (non-hydrogen) atoms. The van der Waals surface area contributed by atoms with Gasteiger partial charge in [-0.25, -0.2) is 4.39 Å². The van der Waals surface area contributed by atoms with Crippen LogP contribution in [0.15, 0.2) is 24.3 Å². The summed E-state index contributed by atoms with van der Waals surface area (Å²) in [7, 11) is 0. The maximum absolute atomic E-state index is 12.9. The van der Waals surface area contributed by atoms with Crippen molar-refractivity contribution in [1.29, 1.82) is 0 Å². The predicted octanol–water partition coefficient (Wildman–Crippen LogP) is 2.72. The van der Waals surface area contributed by atoms with Gasteiger partial charge in [0.05, 0.1) is 12.3 Å². The number of amides is 1. The molecular weight excluding hydrogens is 273 g/mol. The van der Waals surface area contributed by atoms with Crippen molar-refractivity contribution >= 4 is 11.9 Å². The fourth-order valence-corrected chi connectivity index (χ4v) is 1.97. The van der Waals surface area contributed by atoms with Crippen LogP contribution in [0.25, 0.3) is 0 Å². The Kier molecular flexibility index (Phi) is 5.47. The van der Waals surface area contributed by atoms with Crippen LogP contribution in [-0.4, -0.2) is 34.0 Å². The smallest absolute Gasteiger partial charge is 0.308 e. The third-order valence-electron chi connectivity index (χ3n) is 3.26. The van der Waals surface area contributed by atoms with Gasteiger partial charge in [0, 0.05) is 12.1 Å². The van der Waals surface area contributed by atoms with Crippen molar-refractivity contribution in [3.8, 4) is 0 Å². The van der Waals surface area contributed by atoms with E-state index in [1.165, 1.54) is 12.1 Å². The van der Waals surface area contributed by atoms with Crippen molar-refractivity contribution in [3.05, 3.63) is 35.6 Å². The molecule has 116 valence electrons. The second-order valence-corrected chi connectivity index (χ2v) is 6.22. The number of carboxylic acids is 1. The third-order valence-corrected chi connectivity index (χ3v) is 3.26. The lowest BCUT2D eigenvalue weighted by atomic mass is 10.0. The highest BCUT2D eigenvalue weighted by Gasteiger charge is 2.29. The summed E-state index contributed by atoms with van der Waals surface area (Å²) < 4.78 is 12.9. The van der Waals surface area contributed by atoms with Crippen LogP contribution in [0.5, 0.6) is 0 Å². The maximum atomic E-state index is 12.9. The van der Waals surface area contributed by atoms with Crippen LogP contribution in [0.2, 0.25) is 0 Å². The van der Waals surface area contributed by atoms with E-state index in [-0.39, 0.29) is 24.7 Å². The Labute approximate surface area is 124 Å². The number of carboxylic acid groups (broad SMARTS) is 1. The van der Waals surface area contributed by atoms with E-state index in [1.54, 1.807) is 24.0 Å². The summed E-state index contributed by atoms with van der Waals surface area (Å²) in [6, 6.07) is 5.75. The summed E-state index contributed by atoms with van der Waals surface area (Å²) in [5.74, 6) is -2.08. The van der Waals surface area contributed by atoms with Gasteiger partial charge >= 0.3 is 5.97 Å². The fraction of sp³-hybridized carbons (Fsp3) is 0.500. The summed E-state index contributed by atoms with van der Waals surface area (Å²) in [6.07, 6.45) is 0.129. The summed E-state index contributed by atoms with van der Waals surface area (Å²) in [5.41, 5.74) is 0.236. The van der Waals surface area contributed by atoms with Gasteiger partial charge in [-0.2, -0.15) is 0 Å². The van der Waals surface area contributed by atoms with Gasteiger partial charge in [0.15, 0.2) is 0 Å². The topological polar surface area (TPSA) is 57.6 Å². The van der Waals surface area contributed by atoms with E-state index in [9.17, 15) is 14.0 Å². The van der Waals surface area contributed by atoms with Crippen molar-refractivity contribution in [2.24, 2.45) is 5.92 Å². The van der Waals surface area contributed by atoms with Gasteiger partial charge in [0.2, 0.25) is 5.91 Å². The number of benzene rings is 1. The van der Waals surface area contributed by atoms with Gasteiger partial charge in [-0.05, 0) is 38.5 Å². The SMILES string of the molecule is CC(CN(C(=O)Cc1ccc(F)cc1)C(C)(C)C)C(=O)O. The zero-order chi connectivity index (χ0) is 16.2. The van der Waals surface area contributed by atoms with E-state index in [2.05, 4.69) is 0 Å². The quantitative estimate of drug-likeness (QED) is 0.908. The molecule has 0 heterocycles. The fourth-order valence-electron chi connectivity index (χ4n) is 1.97. The van der Waals surface area contributed by atoms with Crippen LogP contribution in [0.3, 0.4) is 0 Å². The Morgan fingerprint density at radius 3 is 2.19 bits per heavy atom. The zero-order valence-electron chi connectivity index (χ0n) is 12.9. The Morgan fingerprint density at radius 1 is 1.24 bits per heavy atom. The van der Waals surface area contributed by atoms with Crippen LogP contribution in [0.1, 0.15) is 33.3 Å². The van der Waals surface area contributed by atoms with Gasteiger partial charge < -0.3 is 10.0 Å². The molecular formula is C16H22FNO3. The van der Waals surface area contributed by atoms with Crippen LogP contribution in [-0.2, 0) is 16.0 Å². The first kappa shape index (κ1) is 17.1. The van der Waals surface area contributed by atoms with Gasteiger partial charge in [-0.3, -0.25) is 9.59 Å². The maximum Gasteiger partial charge on any atom is 0.308 e. The van der Waals surface area contributed by atoms with Crippen LogP contribution in [0.4, 0.5) is 4.39 Å². The van der Waals surface area contributed by atoms with Crippen molar-refractivity contribution < 1.29 is 19.1 Å². The van der Waals surface area contributed by atoms with Gasteiger partial charge in [-0.15, -0.1) is 0 Å². The molecule has 0 aliphatic carbocycles. The first-order chi connectivity index (χ1) is 9.61. The molecule has 0 spiro atoms. The van der Waals surface area contributed by atoms with Gasteiger partial charge in [0.1, 0.15) is 5.82 Å². The molecule has 1 unspecified atom stereocenters. The van der Waals surface area contributed by atoms with Crippen LogP contribution >= 0.6 is 0 Å². The minimum Gasteiger partial charge on any atom is -0.481 e. The number of carbonyl (C=O) groups excluding carboxylic acids is 1. The predicted molar refractivity (Wildman–Crippen MR) is 78.4 cm³/mol. The molecule has 1 amide bonds. The van der Waals surface area contributed by atoms with Crippen molar-refractivity contribution in [2.45, 2.75) is 39.7 Å². The monoisotopic (exact) mass is 295 g/mol. The summed E-state index contributed by atoms with van der Waals surface area (Å²) in [5, 5.41) is 9.02. The van der Waals surface area contributed by atoms with Gasteiger partial charge in [-0.1, -0.05) is 19.1 Å². The highest BCUT2D eigenvalue weighted by molar-refractivity contribution is 5.80. The van der Waals surface area contributed by atoms with Crippen LogP contribution < -0.4 is 0 Å². The zero-order valence-corrected chi connectivity index (χ0v) is 12.9. The molecule has 0 saturated heterocycles. The minimum absolute atomic E-state index is 0.129. The Balaban J connectivity index is 2.85. The van der Waals surface area contributed by atoms with Crippen molar-refractivity contribution in [1.82, 2.24) is 4.90 Å². The highest BCUT2D eigenvalue weighted by Crippen LogP contribution is 2.18. The molecule has 0 fully saturated rings. The Hall–Kier alpha value is -1.91. The molecule has 0 saturated carbocycles. The molecule has 5 heteroatoms. The summed E-state index contributed by atoms with van der Waals surface area (Å²) in [4.78, 5) is 25.0. The average Bonchev–Trinajstić information content (AvgIpc) is 2.36. The highest BCUT2D eigenvalue weighted by atomic mass is 19.1. The molecule has 1 rings (SSSR count). The molecule has 1 aromatic rings. The first-order valence-electron chi connectivity index (χ1n) is 6.89. The largest absolute Gasteiger partial charge is 0.481 e. The molecule has 0 aliphatic rings. The van der Waals surface area contributed by atoms with E-state index in [1.807, 2.05) is 20.8 Å². The lowest BCUT2D eigenvalue weighted by molar-refractivity contribution is -0.144. The summed E-state index contributed by atoms with van der Waals surface area (Å²) >= 11 is 0. The molecule has 1 aromatic carbocycles. The number of hydrogen-bond donors (Lipinski definition) is 1. The number of rotatable bonds is 5. The summed E-state index contributed by atoms with van der Waals surface area (Å²) in [6.45, 7) is 7.32. The molecule has 0 aliphatic heterocycles. The Morgan fingerprint density at radius 2 is 1.76 bits per heavy atom. The lowest BCUT2D eigenvalue weighted by Crippen LogP contribution is -2.49. The standard InChI is InChI=1S/C16H22FNO3/c1-11(15(20)21)10-18(16(2,3)4)14(19)9-12-5-7-13(17)8-6-12/h5-8,11H,9-10H2,1-4H3,(H,20,21). The third kappa shape index (κ3) is 5.17. The number of hydrogen-bond acceptors (Lipinski definition) is 2. The van der Waals surface area contributed by atoms with E-state index in [0.29, 0.717) is 5.56 Å². The number of halogens is 1. The first-order valence-corrected chi connectivity index (χ1v) is 6.89. The molecule has 1 N–H and O–H groups in total. The molecule has 0 radical (unpaired) electrons. The van der Waals surface area contributed by atoms with E-state index in [0.717, 1.165) is 0 Å². The van der Waals surface area contributed by atoms with Gasteiger partial charge in [0.25, 0.3) is 0 Å². The number of carbonyl (C=O) groups is 2. The molecule has 4 nitrogen and oxygen atoms in total.